The zero-order chi connectivity index (χ0) is 21.0. The van der Waals surface area contributed by atoms with Gasteiger partial charge in [0.25, 0.3) is 0 Å². The average molecular weight is 426 g/mol. The summed E-state index contributed by atoms with van der Waals surface area (Å²) in [5.41, 5.74) is 8.78. The van der Waals surface area contributed by atoms with Crippen LogP contribution in [0.4, 0.5) is 0 Å². The Morgan fingerprint density at radius 2 is 2.17 bits per heavy atom. The van der Waals surface area contributed by atoms with Gasteiger partial charge in [-0.2, -0.15) is 5.26 Å². The Labute approximate surface area is 182 Å². The number of piperazine rings is 1. The van der Waals surface area contributed by atoms with Gasteiger partial charge in [0, 0.05) is 30.6 Å². The van der Waals surface area contributed by atoms with Crippen molar-refractivity contribution in [2.24, 2.45) is 5.73 Å². The first-order chi connectivity index (χ1) is 14.5. The molecule has 3 unspecified atom stereocenters. The predicted molar refractivity (Wildman–Crippen MR) is 114 cm³/mol. The summed E-state index contributed by atoms with van der Waals surface area (Å²) in [6, 6.07) is 7.50. The molecule has 0 spiro atoms. The number of aryl methyl sites for hydroxylation is 1. The van der Waals surface area contributed by atoms with Gasteiger partial charge in [-0.15, -0.1) is 12.6 Å². The molecule has 2 N–H and O–H groups in total. The van der Waals surface area contributed by atoms with Crippen LogP contribution in [0.3, 0.4) is 0 Å². The van der Waals surface area contributed by atoms with E-state index in [1.165, 1.54) is 11.1 Å². The van der Waals surface area contributed by atoms with Crippen LogP contribution in [0.2, 0.25) is 0 Å². The molecule has 0 aromatic heterocycles. The Kier molecular flexibility index (Phi) is 5.00. The van der Waals surface area contributed by atoms with Crippen LogP contribution in [0.15, 0.2) is 23.1 Å². The van der Waals surface area contributed by atoms with Gasteiger partial charge in [-0.25, -0.2) is 0 Å². The summed E-state index contributed by atoms with van der Waals surface area (Å²) in [4.78, 5) is 32.7. The van der Waals surface area contributed by atoms with Crippen molar-refractivity contribution in [3.8, 4) is 6.07 Å². The van der Waals surface area contributed by atoms with Gasteiger partial charge >= 0.3 is 0 Å². The van der Waals surface area contributed by atoms with Crippen molar-refractivity contribution in [2.75, 3.05) is 19.6 Å². The van der Waals surface area contributed by atoms with Crippen LogP contribution in [0.1, 0.15) is 42.9 Å². The lowest BCUT2D eigenvalue weighted by Crippen LogP contribution is -2.56. The van der Waals surface area contributed by atoms with E-state index in [1.54, 1.807) is 4.90 Å². The largest absolute Gasteiger partial charge is 0.330 e. The Morgan fingerprint density at radius 1 is 1.33 bits per heavy atom. The molecular weight excluding hydrogens is 398 g/mol. The molecule has 8 heteroatoms. The molecule has 3 fully saturated rings. The highest BCUT2D eigenvalue weighted by Crippen LogP contribution is 2.44. The third-order valence-corrected chi connectivity index (χ3v) is 7.53. The number of likely N-dealkylation sites (tertiary alicyclic amines) is 3. The summed E-state index contributed by atoms with van der Waals surface area (Å²) in [5.74, 6) is -0.00631. The molecule has 3 aliphatic heterocycles. The molecule has 5 rings (SSSR count). The minimum atomic E-state index is -0.694. The van der Waals surface area contributed by atoms with Crippen LogP contribution in [-0.4, -0.2) is 70.3 Å². The third-order valence-electron chi connectivity index (χ3n) is 7.26. The molecule has 0 saturated carbocycles. The number of hydrogen-bond donors (Lipinski definition) is 2. The second kappa shape index (κ2) is 7.56. The van der Waals surface area contributed by atoms with E-state index in [4.69, 9.17) is 5.73 Å². The smallest absolute Gasteiger partial charge is 0.241 e. The molecule has 158 valence electrons. The van der Waals surface area contributed by atoms with Gasteiger partial charge in [-0.3, -0.25) is 14.5 Å². The van der Waals surface area contributed by atoms with E-state index in [0.717, 1.165) is 37.1 Å². The fraction of sp³-hybridized carbons (Fsp3) is 0.591. The van der Waals surface area contributed by atoms with E-state index in [2.05, 4.69) is 40.6 Å². The molecular formula is C22H27N5O2S. The van der Waals surface area contributed by atoms with Crippen molar-refractivity contribution in [3.63, 3.8) is 0 Å². The monoisotopic (exact) mass is 425 g/mol. The topological polar surface area (TPSA) is 93.7 Å². The van der Waals surface area contributed by atoms with Crippen molar-refractivity contribution in [2.45, 2.75) is 67.2 Å². The number of nitrogens with zero attached hydrogens (tertiary/aromatic N) is 4. The first-order valence-electron chi connectivity index (χ1n) is 10.8. The molecule has 5 atom stereocenters. The first-order valence-corrected chi connectivity index (χ1v) is 11.3. The number of carbonyl (C=O) groups excluding carboxylic acids is 2. The normalized spacial score (nSPS) is 31.3. The maximum atomic E-state index is 13.2. The van der Waals surface area contributed by atoms with Crippen LogP contribution in [-0.2, 0) is 16.0 Å². The Morgan fingerprint density at radius 3 is 2.93 bits per heavy atom. The quantitative estimate of drug-likeness (QED) is 0.705. The van der Waals surface area contributed by atoms with E-state index in [1.807, 2.05) is 6.07 Å². The van der Waals surface area contributed by atoms with Crippen molar-refractivity contribution < 1.29 is 9.59 Å². The SMILES string of the molecule is N#CC1CCCN1C(=O)C(N)CN1C[C@@H]2CC1C(=O)N2[C@H]1CCc2cc(S)ccc21. The maximum Gasteiger partial charge on any atom is 0.241 e. The van der Waals surface area contributed by atoms with Crippen molar-refractivity contribution in [1.29, 1.82) is 5.26 Å². The number of nitriles is 1. The van der Waals surface area contributed by atoms with E-state index >= 15 is 0 Å². The Hall–Kier alpha value is -2.08. The van der Waals surface area contributed by atoms with Gasteiger partial charge in [0.15, 0.2) is 0 Å². The molecule has 1 aliphatic carbocycles. The van der Waals surface area contributed by atoms with Crippen LogP contribution in [0.25, 0.3) is 0 Å². The van der Waals surface area contributed by atoms with Gasteiger partial charge in [0.1, 0.15) is 6.04 Å². The fourth-order valence-electron chi connectivity index (χ4n) is 5.88. The molecule has 30 heavy (non-hydrogen) atoms. The second-order valence-electron chi connectivity index (χ2n) is 8.97. The number of benzene rings is 1. The lowest BCUT2D eigenvalue weighted by Gasteiger charge is -2.38. The van der Waals surface area contributed by atoms with Crippen molar-refractivity contribution in [3.05, 3.63) is 29.3 Å². The predicted octanol–water partition coefficient (Wildman–Crippen LogP) is 1.09. The molecule has 4 aliphatic rings. The average Bonchev–Trinajstić information content (AvgIpc) is 3.49. The molecule has 7 nitrogen and oxygen atoms in total. The number of amides is 2. The molecule has 3 saturated heterocycles. The van der Waals surface area contributed by atoms with Crippen LogP contribution in [0, 0.1) is 11.3 Å². The van der Waals surface area contributed by atoms with E-state index in [0.29, 0.717) is 19.5 Å². The molecule has 1 aromatic rings. The minimum absolute atomic E-state index is 0.148. The number of nitrogens with two attached hydrogens (primary N) is 1. The third kappa shape index (κ3) is 3.11. The van der Waals surface area contributed by atoms with Crippen molar-refractivity contribution >= 4 is 24.4 Å². The minimum Gasteiger partial charge on any atom is -0.330 e. The summed E-state index contributed by atoms with van der Waals surface area (Å²) in [5, 5.41) is 9.24. The van der Waals surface area contributed by atoms with E-state index in [9.17, 15) is 14.9 Å². The molecule has 0 radical (unpaired) electrons. The molecule has 2 bridgehead atoms. The van der Waals surface area contributed by atoms with Gasteiger partial charge in [-0.05, 0) is 55.4 Å². The first kappa shape index (κ1) is 19.9. The number of hydrogen-bond acceptors (Lipinski definition) is 6. The summed E-state index contributed by atoms with van der Waals surface area (Å²) >= 11 is 4.44. The molecule has 2 amide bonds. The lowest BCUT2D eigenvalue weighted by molar-refractivity contribution is -0.141. The van der Waals surface area contributed by atoms with E-state index in [-0.39, 0.29) is 36.0 Å². The second-order valence-corrected chi connectivity index (χ2v) is 9.48. The van der Waals surface area contributed by atoms with E-state index < -0.39 is 6.04 Å². The van der Waals surface area contributed by atoms with Gasteiger partial charge in [-0.1, -0.05) is 6.07 Å². The highest BCUT2D eigenvalue weighted by Gasteiger charge is 2.53. The van der Waals surface area contributed by atoms with Gasteiger partial charge < -0.3 is 15.5 Å². The number of carbonyl (C=O) groups is 2. The number of rotatable bonds is 4. The van der Waals surface area contributed by atoms with Gasteiger partial charge in [0.2, 0.25) is 11.8 Å². The van der Waals surface area contributed by atoms with Gasteiger partial charge in [0.05, 0.1) is 24.2 Å². The van der Waals surface area contributed by atoms with Crippen molar-refractivity contribution in [1.82, 2.24) is 14.7 Å². The fourth-order valence-corrected chi connectivity index (χ4v) is 6.11. The highest BCUT2D eigenvalue weighted by atomic mass is 32.1. The molecule has 1 aromatic carbocycles. The molecule has 3 heterocycles. The number of thiol groups is 1. The Bertz CT molecular complexity index is 931. The zero-order valence-corrected chi connectivity index (χ0v) is 17.8. The standard InChI is InChI=1S/C22H27N5O2S/c23-10-14-2-1-7-26(14)21(28)18(24)12-25-11-15-9-20(25)22(29)27(15)19-6-3-13-8-16(30)4-5-17(13)19/h4-5,8,14-15,18-20,30H,1-3,6-7,9,11-12,24H2/t14?,15-,18?,19-,20?/m0/s1. The lowest BCUT2D eigenvalue weighted by atomic mass is 10.1. The van der Waals surface area contributed by atoms with Crippen LogP contribution < -0.4 is 5.73 Å². The summed E-state index contributed by atoms with van der Waals surface area (Å²) in [7, 11) is 0. The summed E-state index contributed by atoms with van der Waals surface area (Å²) in [6.07, 6.45) is 4.31. The summed E-state index contributed by atoms with van der Waals surface area (Å²) < 4.78 is 0. The highest BCUT2D eigenvalue weighted by molar-refractivity contribution is 7.80. The maximum absolute atomic E-state index is 13.2. The zero-order valence-electron chi connectivity index (χ0n) is 16.9. The Balaban J connectivity index is 1.25. The summed E-state index contributed by atoms with van der Waals surface area (Å²) in [6.45, 7) is 1.73. The van der Waals surface area contributed by atoms with Crippen LogP contribution in [0.5, 0.6) is 0 Å². The number of fused-ring (bicyclic) bond motifs is 3. The van der Waals surface area contributed by atoms with Crippen LogP contribution >= 0.6 is 12.6 Å².